The fourth-order valence-corrected chi connectivity index (χ4v) is 9.85. The van der Waals surface area contributed by atoms with Crippen molar-refractivity contribution in [2.75, 3.05) is 13.2 Å². The van der Waals surface area contributed by atoms with Gasteiger partial charge < -0.3 is 14.6 Å². The standard InChI is InChI=1S/C83H134O5/c1-3-5-7-9-11-13-15-17-19-21-23-25-27-29-31-33-35-37-39-41-43-45-47-49-51-53-55-57-59-61-63-65-67-69-71-73-75-77-82(85)87-80-81(79-84)88-83(86)78-76-74-72-70-68-66-64-62-60-58-56-54-52-50-48-46-44-42-40-38-36-34-32-30-28-26-24-22-20-18-16-14-12-10-8-6-4-2/h5-8,11-14,17-20,23-26,30,32,36,38,42,44,48,50,54,56,60,62,66,68,81,84H,3-4,9-10,15-16,21-22,27-29,31,33-35,37,39-41,43,45-47,49,51-53,55,57-59,61,63-65,67,69-80H2,1-2H3/b7-5-,8-6-,13-11-,14-12-,19-17-,20-18-,25-23-,26-24-,32-30-,38-36-,44-42-,50-48-,56-54-,62-60-,68-66-. The SMILES string of the molecule is CC/C=C\C/C=C\C/C=C\C/C=C\C/C=C\C/C=C\C/C=C\C/C=C\C/C=C\C/C=C\C/C=C\CCCCCC(=O)OC(CO)COC(=O)CCCCCCCCCCCCCCCCCCCCCCCCCC/C=C\C/C=C\C/C=C\C/C=C\CC. The van der Waals surface area contributed by atoms with Crippen molar-refractivity contribution in [1.29, 1.82) is 0 Å². The molecule has 0 heterocycles. The number of aliphatic hydroxyl groups is 1. The van der Waals surface area contributed by atoms with Crippen molar-refractivity contribution in [1.82, 2.24) is 0 Å². The summed E-state index contributed by atoms with van der Waals surface area (Å²) < 4.78 is 10.7. The van der Waals surface area contributed by atoms with Gasteiger partial charge in [0.15, 0.2) is 6.10 Å². The zero-order valence-corrected chi connectivity index (χ0v) is 56.9. The minimum atomic E-state index is -0.803. The molecule has 0 aliphatic heterocycles. The average molecular weight is 1210 g/mol. The third kappa shape index (κ3) is 73.5. The molecule has 0 aromatic carbocycles. The molecular formula is C83H134O5. The van der Waals surface area contributed by atoms with E-state index < -0.39 is 6.10 Å². The predicted molar refractivity (Wildman–Crippen MR) is 389 cm³/mol. The van der Waals surface area contributed by atoms with Gasteiger partial charge in [0, 0.05) is 12.8 Å². The van der Waals surface area contributed by atoms with Gasteiger partial charge in [-0.2, -0.15) is 0 Å². The summed E-state index contributed by atoms with van der Waals surface area (Å²) in [5.41, 5.74) is 0. The number of aliphatic hydroxyl groups excluding tert-OH is 1. The molecular weight excluding hydrogens is 1080 g/mol. The van der Waals surface area contributed by atoms with E-state index in [0.717, 1.165) is 141 Å². The average Bonchev–Trinajstić information content (AvgIpc) is 3.55. The number of unbranched alkanes of at least 4 members (excludes halogenated alkanes) is 27. The van der Waals surface area contributed by atoms with Crippen LogP contribution >= 0.6 is 0 Å². The molecule has 0 aromatic heterocycles. The summed E-state index contributed by atoms with van der Waals surface area (Å²) in [6.07, 6.45) is 119. The molecule has 0 fully saturated rings. The van der Waals surface area contributed by atoms with Gasteiger partial charge in [0.25, 0.3) is 0 Å². The summed E-state index contributed by atoms with van der Waals surface area (Å²) in [7, 11) is 0. The Morgan fingerprint density at radius 1 is 0.261 bits per heavy atom. The molecule has 5 heteroatoms. The Bertz CT molecular complexity index is 1960. The van der Waals surface area contributed by atoms with Crippen molar-refractivity contribution < 1.29 is 24.2 Å². The van der Waals surface area contributed by atoms with Crippen LogP contribution in [0.4, 0.5) is 0 Å². The lowest BCUT2D eigenvalue weighted by molar-refractivity contribution is -0.161. The summed E-state index contributed by atoms with van der Waals surface area (Å²) in [5, 5.41) is 9.70. The lowest BCUT2D eigenvalue weighted by atomic mass is 10.0. The van der Waals surface area contributed by atoms with E-state index >= 15 is 0 Å². The molecule has 0 rings (SSSR count). The molecule has 0 saturated carbocycles. The fraction of sp³-hybridized carbons (Fsp3) is 0.614. The molecule has 0 radical (unpaired) electrons. The van der Waals surface area contributed by atoms with Crippen molar-refractivity contribution >= 4 is 11.9 Å². The molecule has 0 aliphatic carbocycles. The highest BCUT2D eigenvalue weighted by atomic mass is 16.6. The molecule has 496 valence electrons. The normalized spacial score (nSPS) is 13.4. The number of carbonyl (C=O) groups is 2. The van der Waals surface area contributed by atoms with Gasteiger partial charge in [-0.3, -0.25) is 9.59 Å². The summed E-state index contributed by atoms with van der Waals surface area (Å²) >= 11 is 0. The zero-order valence-electron chi connectivity index (χ0n) is 56.9. The van der Waals surface area contributed by atoms with Gasteiger partial charge in [-0.1, -0.05) is 344 Å². The molecule has 0 aliphatic rings. The summed E-state index contributed by atoms with van der Waals surface area (Å²) in [5.74, 6) is -0.630. The van der Waals surface area contributed by atoms with Gasteiger partial charge in [0.2, 0.25) is 0 Å². The largest absolute Gasteiger partial charge is 0.462 e. The second-order valence-corrected chi connectivity index (χ2v) is 23.6. The highest BCUT2D eigenvalue weighted by Gasteiger charge is 2.16. The first-order chi connectivity index (χ1) is 43.6. The number of carbonyl (C=O) groups excluding carboxylic acids is 2. The third-order valence-corrected chi connectivity index (χ3v) is 15.2. The van der Waals surface area contributed by atoms with E-state index in [2.05, 4.69) is 196 Å². The summed E-state index contributed by atoms with van der Waals surface area (Å²) in [6, 6.07) is 0. The molecule has 0 spiro atoms. The number of hydrogen-bond donors (Lipinski definition) is 1. The van der Waals surface area contributed by atoms with Crippen LogP contribution < -0.4 is 0 Å². The van der Waals surface area contributed by atoms with E-state index in [9.17, 15) is 14.7 Å². The summed E-state index contributed by atoms with van der Waals surface area (Å²) in [6.45, 7) is 3.90. The quantitative estimate of drug-likeness (QED) is 0.0373. The molecule has 1 unspecified atom stereocenters. The van der Waals surface area contributed by atoms with Crippen molar-refractivity contribution in [3.05, 3.63) is 182 Å². The van der Waals surface area contributed by atoms with E-state index in [1.165, 1.54) is 141 Å². The van der Waals surface area contributed by atoms with E-state index in [1.807, 2.05) is 0 Å². The molecule has 1 N–H and O–H groups in total. The van der Waals surface area contributed by atoms with Crippen LogP contribution in [0, 0.1) is 0 Å². The number of hydrogen-bond acceptors (Lipinski definition) is 5. The molecule has 0 bridgehead atoms. The first-order valence-electron chi connectivity index (χ1n) is 36.3. The first kappa shape index (κ1) is 83.0. The fourth-order valence-electron chi connectivity index (χ4n) is 9.85. The lowest BCUT2D eigenvalue weighted by Crippen LogP contribution is -2.28. The Morgan fingerprint density at radius 3 is 0.693 bits per heavy atom. The van der Waals surface area contributed by atoms with E-state index in [1.54, 1.807) is 0 Å². The van der Waals surface area contributed by atoms with Crippen LogP contribution in [0.1, 0.15) is 309 Å². The minimum Gasteiger partial charge on any atom is -0.462 e. The number of ether oxygens (including phenoxy) is 2. The Balaban J connectivity index is 3.56. The minimum absolute atomic E-state index is 0.0873. The van der Waals surface area contributed by atoms with Crippen LogP contribution in [0.2, 0.25) is 0 Å². The Hall–Kier alpha value is -5.00. The first-order valence-corrected chi connectivity index (χ1v) is 36.3. The Kier molecular flexibility index (Phi) is 71.9. The highest BCUT2D eigenvalue weighted by molar-refractivity contribution is 5.70. The van der Waals surface area contributed by atoms with Gasteiger partial charge in [-0.25, -0.2) is 0 Å². The monoisotopic (exact) mass is 1210 g/mol. The van der Waals surface area contributed by atoms with E-state index in [-0.39, 0.29) is 25.2 Å². The van der Waals surface area contributed by atoms with Gasteiger partial charge in [0.05, 0.1) is 6.61 Å². The predicted octanol–water partition coefficient (Wildman–Crippen LogP) is 25.8. The Morgan fingerprint density at radius 2 is 0.455 bits per heavy atom. The number of allylic oxidation sites excluding steroid dienone is 30. The van der Waals surface area contributed by atoms with Gasteiger partial charge in [-0.05, 0) is 135 Å². The van der Waals surface area contributed by atoms with Crippen LogP contribution in [-0.4, -0.2) is 36.4 Å². The third-order valence-electron chi connectivity index (χ3n) is 15.2. The van der Waals surface area contributed by atoms with Crippen molar-refractivity contribution in [3.63, 3.8) is 0 Å². The maximum Gasteiger partial charge on any atom is 0.306 e. The molecule has 0 amide bonds. The number of rotatable bonds is 65. The van der Waals surface area contributed by atoms with Crippen LogP contribution in [0.25, 0.3) is 0 Å². The summed E-state index contributed by atoms with van der Waals surface area (Å²) in [4.78, 5) is 24.7. The van der Waals surface area contributed by atoms with Crippen molar-refractivity contribution in [2.24, 2.45) is 0 Å². The van der Waals surface area contributed by atoms with Crippen LogP contribution in [-0.2, 0) is 19.1 Å². The van der Waals surface area contributed by atoms with Crippen molar-refractivity contribution in [3.8, 4) is 0 Å². The second kappa shape index (κ2) is 76.2. The van der Waals surface area contributed by atoms with Crippen LogP contribution in [0.5, 0.6) is 0 Å². The molecule has 0 aromatic rings. The van der Waals surface area contributed by atoms with E-state index in [4.69, 9.17) is 9.47 Å². The van der Waals surface area contributed by atoms with Crippen LogP contribution in [0.3, 0.4) is 0 Å². The van der Waals surface area contributed by atoms with Gasteiger partial charge in [-0.15, -0.1) is 0 Å². The molecule has 0 saturated heterocycles. The van der Waals surface area contributed by atoms with Crippen molar-refractivity contribution in [2.45, 2.75) is 315 Å². The highest BCUT2D eigenvalue weighted by Crippen LogP contribution is 2.17. The Labute approximate surface area is 544 Å². The molecule has 88 heavy (non-hydrogen) atoms. The topological polar surface area (TPSA) is 72.8 Å². The second-order valence-electron chi connectivity index (χ2n) is 23.6. The molecule has 5 nitrogen and oxygen atoms in total. The molecule has 1 atom stereocenters. The maximum atomic E-state index is 12.4. The lowest BCUT2D eigenvalue weighted by Gasteiger charge is -2.15. The van der Waals surface area contributed by atoms with E-state index in [0.29, 0.717) is 12.8 Å². The number of esters is 2. The van der Waals surface area contributed by atoms with Gasteiger partial charge in [0.1, 0.15) is 6.61 Å². The van der Waals surface area contributed by atoms with Crippen LogP contribution in [0.15, 0.2) is 182 Å². The smallest absolute Gasteiger partial charge is 0.306 e. The zero-order chi connectivity index (χ0) is 63.3. The maximum absolute atomic E-state index is 12.4. The van der Waals surface area contributed by atoms with Gasteiger partial charge >= 0.3 is 11.9 Å².